The molecule has 3 rings (SSSR count). The summed E-state index contributed by atoms with van der Waals surface area (Å²) in [5, 5.41) is 12.2. The van der Waals surface area contributed by atoms with E-state index < -0.39 is 0 Å². The van der Waals surface area contributed by atoms with Crippen LogP contribution in [-0.2, 0) is 13.0 Å². The molecule has 3 heteroatoms. The number of rotatable bonds is 3. The molecule has 0 fully saturated rings. The smallest absolute Gasteiger partial charge is 0.120 e. The number of ether oxygens (including phenoxy) is 1. The van der Waals surface area contributed by atoms with Crippen molar-refractivity contribution in [1.29, 1.82) is 0 Å². The number of aryl methyl sites for hydroxylation is 1. The molecule has 1 N–H and O–H groups in total. The van der Waals surface area contributed by atoms with Crippen LogP contribution in [0.4, 0.5) is 0 Å². The molecule has 0 aliphatic heterocycles. The van der Waals surface area contributed by atoms with E-state index in [0.29, 0.717) is 6.61 Å². The van der Waals surface area contributed by atoms with E-state index in [-0.39, 0.29) is 0 Å². The second-order valence-electron chi connectivity index (χ2n) is 4.64. The van der Waals surface area contributed by atoms with Crippen LogP contribution < -0.4 is 4.74 Å². The number of oxime groups is 1. The van der Waals surface area contributed by atoms with Gasteiger partial charge in [-0.3, -0.25) is 0 Å². The molecule has 2 aromatic carbocycles. The zero-order valence-corrected chi connectivity index (χ0v) is 10.5. The Hall–Kier alpha value is -2.29. The fraction of sp³-hybridized carbons (Fsp3) is 0.188. The molecule has 0 heterocycles. The highest BCUT2D eigenvalue weighted by Crippen LogP contribution is 2.27. The zero-order chi connectivity index (χ0) is 13.1. The van der Waals surface area contributed by atoms with Crippen LogP contribution in [0.5, 0.6) is 5.75 Å². The predicted molar refractivity (Wildman–Crippen MR) is 73.9 cm³/mol. The maximum absolute atomic E-state index is 8.89. The Morgan fingerprint density at radius 3 is 2.68 bits per heavy atom. The van der Waals surface area contributed by atoms with E-state index in [1.54, 1.807) is 0 Å². The molecule has 1 aliphatic carbocycles. The van der Waals surface area contributed by atoms with Crippen LogP contribution in [0, 0.1) is 0 Å². The number of hydrogen-bond donors (Lipinski definition) is 1. The molecular weight excluding hydrogens is 238 g/mol. The van der Waals surface area contributed by atoms with E-state index in [9.17, 15) is 0 Å². The zero-order valence-electron chi connectivity index (χ0n) is 10.5. The summed E-state index contributed by atoms with van der Waals surface area (Å²) < 4.78 is 5.78. The standard InChI is InChI=1S/C16H15NO2/c18-17-16-9-6-13-10-14(7-8-15(13)16)19-11-12-4-2-1-3-5-12/h1-5,7-8,10,18H,6,9,11H2/b17-16+. The predicted octanol–water partition coefficient (Wildman–Crippen LogP) is 3.39. The number of nitrogens with zero attached hydrogens (tertiary/aromatic N) is 1. The SMILES string of the molecule is O/N=C1\CCc2cc(OCc3ccccc3)ccc21. The van der Waals surface area contributed by atoms with E-state index in [0.717, 1.165) is 35.4 Å². The number of benzene rings is 2. The van der Waals surface area contributed by atoms with Gasteiger partial charge in [0.1, 0.15) is 12.4 Å². The van der Waals surface area contributed by atoms with Crippen molar-refractivity contribution >= 4 is 5.71 Å². The highest BCUT2D eigenvalue weighted by molar-refractivity contribution is 6.04. The molecule has 0 aromatic heterocycles. The van der Waals surface area contributed by atoms with Crippen molar-refractivity contribution in [1.82, 2.24) is 0 Å². The third kappa shape index (κ3) is 2.45. The molecule has 2 aromatic rings. The molecule has 0 radical (unpaired) electrons. The first-order chi connectivity index (χ1) is 9.36. The van der Waals surface area contributed by atoms with Crippen molar-refractivity contribution in [2.75, 3.05) is 0 Å². The molecular formula is C16H15NO2. The Morgan fingerprint density at radius 1 is 1.05 bits per heavy atom. The Labute approximate surface area is 112 Å². The van der Waals surface area contributed by atoms with Gasteiger partial charge in [-0.25, -0.2) is 0 Å². The lowest BCUT2D eigenvalue weighted by Crippen LogP contribution is -1.97. The van der Waals surface area contributed by atoms with Gasteiger partial charge in [0.25, 0.3) is 0 Å². The average molecular weight is 253 g/mol. The topological polar surface area (TPSA) is 41.8 Å². The molecule has 0 unspecified atom stereocenters. The maximum atomic E-state index is 8.89. The van der Waals surface area contributed by atoms with Crippen molar-refractivity contribution in [3.05, 3.63) is 65.2 Å². The first-order valence-electron chi connectivity index (χ1n) is 6.38. The lowest BCUT2D eigenvalue weighted by Gasteiger charge is -2.08. The summed E-state index contributed by atoms with van der Waals surface area (Å²) in [4.78, 5) is 0. The van der Waals surface area contributed by atoms with Crippen molar-refractivity contribution in [2.45, 2.75) is 19.4 Å². The van der Waals surface area contributed by atoms with E-state index in [1.807, 2.05) is 48.5 Å². The summed E-state index contributed by atoms with van der Waals surface area (Å²) in [5.41, 5.74) is 4.15. The van der Waals surface area contributed by atoms with Crippen LogP contribution in [0.15, 0.2) is 53.7 Å². The molecule has 1 aliphatic rings. The van der Waals surface area contributed by atoms with E-state index in [2.05, 4.69) is 5.16 Å². The second kappa shape index (κ2) is 5.14. The Morgan fingerprint density at radius 2 is 1.89 bits per heavy atom. The monoisotopic (exact) mass is 253 g/mol. The average Bonchev–Trinajstić information content (AvgIpc) is 2.88. The van der Waals surface area contributed by atoms with Crippen LogP contribution in [0.3, 0.4) is 0 Å². The lowest BCUT2D eigenvalue weighted by molar-refractivity contribution is 0.306. The summed E-state index contributed by atoms with van der Waals surface area (Å²) in [7, 11) is 0. The minimum atomic E-state index is 0.570. The normalized spacial score (nSPS) is 15.5. The van der Waals surface area contributed by atoms with Gasteiger partial charge in [-0.05, 0) is 42.2 Å². The number of fused-ring (bicyclic) bond motifs is 1. The van der Waals surface area contributed by atoms with Crippen molar-refractivity contribution in [3.63, 3.8) is 0 Å². The van der Waals surface area contributed by atoms with Gasteiger partial charge < -0.3 is 9.94 Å². The van der Waals surface area contributed by atoms with Gasteiger partial charge in [0.2, 0.25) is 0 Å². The summed E-state index contributed by atoms with van der Waals surface area (Å²) in [5.74, 6) is 0.863. The van der Waals surface area contributed by atoms with Gasteiger partial charge in [0.15, 0.2) is 0 Å². The Kier molecular flexibility index (Phi) is 3.19. The molecule has 3 nitrogen and oxygen atoms in total. The van der Waals surface area contributed by atoms with Gasteiger partial charge in [-0.15, -0.1) is 0 Å². The summed E-state index contributed by atoms with van der Waals surface area (Å²) >= 11 is 0. The van der Waals surface area contributed by atoms with Gasteiger partial charge in [0, 0.05) is 5.56 Å². The van der Waals surface area contributed by atoms with Crippen molar-refractivity contribution in [3.8, 4) is 5.75 Å². The first-order valence-corrected chi connectivity index (χ1v) is 6.38. The van der Waals surface area contributed by atoms with Gasteiger partial charge >= 0.3 is 0 Å². The highest BCUT2D eigenvalue weighted by atomic mass is 16.5. The minimum Gasteiger partial charge on any atom is -0.489 e. The van der Waals surface area contributed by atoms with Crippen LogP contribution in [0.1, 0.15) is 23.1 Å². The molecule has 0 bridgehead atoms. The third-order valence-corrected chi connectivity index (χ3v) is 3.39. The van der Waals surface area contributed by atoms with Crippen LogP contribution in [-0.4, -0.2) is 10.9 Å². The summed E-state index contributed by atoms with van der Waals surface area (Å²) in [6.07, 6.45) is 1.71. The van der Waals surface area contributed by atoms with E-state index in [4.69, 9.17) is 9.94 Å². The quantitative estimate of drug-likeness (QED) is 0.673. The van der Waals surface area contributed by atoms with Gasteiger partial charge in [-0.2, -0.15) is 0 Å². The maximum Gasteiger partial charge on any atom is 0.120 e. The fourth-order valence-corrected chi connectivity index (χ4v) is 2.38. The molecule has 0 spiro atoms. The molecule has 19 heavy (non-hydrogen) atoms. The molecule has 96 valence electrons. The highest BCUT2D eigenvalue weighted by Gasteiger charge is 2.18. The summed E-state index contributed by atoms with van der Waals surface area (Å²) in [6.45, 7) is 0.570. The van der Waals surface area contributed by atoms with E-state index in [1.165, 1.54) is 5.56 Å². The second-order valence-corrected chi connectivity index (χ2v) is 4.64. The van der Waals surface area contributed by atoms with Gasteiger partial charge in [-0.1, -0.05) is 35.5 Å². The van der Waals surface area contributed by atoms with Crippen LogP contribution >= 0.6 is 0 Å². The Balaban J connectivity index is 1.74. The number of hydrogen-bond acceptors (Lipinski definition) is 3. The largest absolute Gasteiger partial charge is 0.489 e. The minimum absolute atomic E-state index is 0.570. The first kappa shape index (κ1) is 11.8. The van der Waals surface area contributed by atoms with Crippen molar-refractivity contribution < 1.29 is 9.94 Å². The van der Waals surface area contributed by atoms with Crippen LogP contribution in [0.25, 0.3) is 0 Å². The summed E-state index contributed by atoms with van der Waals surface area (Å²) in [6, 6.07) is 16.0. The van der Waals surface area contributed by atoms with E-state index >= 15 is 0 Å². The third-order valence-electron chi connectivity index (χ3n) is 3.39. The molecule has 0 saturated carbocycles. The molecule has 0 atom stereocenters. The lowest BCUT2D eigenvalue weighted by atomic mass is 10.1. The fourth-order valence-electron chi connectivity index (χ4n) is 2.38. The van der Waals surface area contributed by atoms with Crippen LogP contribution in [0.2, 0.25) is 0 Å². The van der Waals surface area contributed by atoms with Crippen molar-refractivity contribution in [2.24, 2.45) is 5.16 Å². The molecule has 0 amide bonds. The molecule has 0 saturated heterocycles. The Bertz CT molecular complexity index is 605. The van der Waals surface area contributed by atoms with Gasteiger partial charge in [0.05, 0.1) is 5.71 Å².